The summed E-state index contributed by atoms with van der Waals surface area (Å²) >= 11 is 0. The van der Waals surface area contributed by atoms with Crippen LogP contribution in [0.2, 0.25) is 0 Å². The number of ether oxygens (including phenoxy) is 1. The summed E-state index contributed by atoms with van der Waals surface area (Å²) in [5.41, 5.74) is -0.317. The van der Waals surface area contributed by atoms with E-state index < -0.39 is 0 Å². The van der Waals surface area contributed by atoms with E-state index in [0.29, 0.717) is 11.0 Å². The number of hydrogen-bond acceptors (Lipinski definition) is 3. The topological polar surface area (TPSA) is 49.7 Å². The molecule has 0 radical (unpaired) electrons. The maximum absolute atomic E-state index is 9.59. The summed E-state index contributed by atoms with van der Waals surface area (Å²) in [7, 11) is 0. The maximum Gasteiger partial charge on any atom is 0.116 e. The Labute approximate surface area is 107 Å². The van der Waals surface area contributed by atoms with Gasteiger partial charge in [0.15, 0.2) is 0 Å². The molecule has 98 valence electrons. The number of phenolic OH excluding ortho intramolecular Hbond substituents is 1. The molecule has 0 saturated carbocycles. The Hall–Kier alpha value is -1.90. The molecule has 1 rings (SSSR count). The molecule has 0 aliphatic rings. The first-order valence-electron chi connectivity index (χ1n) is 5.77. The third kappa shape index (κ3) is 4.17. The number of allylic oxidation sites excluding steroid dienone is 1. The third-order valence-electron chi connectivity index (χ3n) is 2.18. The Morgan fingerprint density at radius 1 is 1.33 bits per heavy atom. The number of hydrogen-bond donors (Lipinski definition) is 2. The molecule has 0 unspecified atom stereocenters. The van der Waals surface area contributed by atoms with Crippen LogP contribution in [0.15, 0.2) is 30.5 Å². The van der Waals surface area contributed by atoms with Crippen LogP contribution in [0.1, 0.15) is 27.7 Å². The van der Waals surface area contributed by atoms with Gasteiger partial charge in [0.1, 0.15) is 17.1 Å². The highest BCUT2D eigenvalue weighted by atomic mass is 16.5. The van der Waals surface area contributed by atoms with Crippen LogP contribution in [-0.4, -0.2) is 15.8 Å². The first-order valence-corrected chi connectivity index (χ1v) is 5.77. The lowest BCUT2D eigenvalue weighted by Crippen LogP contribution is -2.27. The highest BCUT2D eigenvalue weighted by Gasteiger charge is 2.10. The van der Waals surface area contributed by atoms with E-state index in [-0.39, 0.29) is 17.1 Å². The Kier molecular flexibility index (Phi) is 4.07. The van der Waals surface area contributed by atoms with Gasteiger partial charge in [-0.2, -0.15) is 0 Å². The summed E-state index contributed by atoms with van der Waals surface area (Å²) in [6, 6.07) is 4.77. The molecule has 0 aliphatic heterocycles. The summed E-state index contributed by atoms with van der Waals surface area (Å²) in [5, 5.41) is 20.3. The number of rotatable bonds is 2. The average molecular weight is 248 g/mol. The van der Waals surface area contributed by atoms with Gasteiger partial charge in [0.2, 0.25) is 0 Å². The lowest BCUT2D eigenvalue weighted by molar-refractivity contribution is 0.0642. The molecule has 3 heteroatoms. The van der Waals surface area contributed by atoms with E-state index in [2.05, 4.69) is 6.58 Å². The molecule has 0 bridgehead atoms. The molecular weight excluding hydrogens is 228 g/mol. The zero-order valence-electron chi connectivity index (χ0n) is 11.3. The first-order chi connectivity index (χ1) is 8.19. The smallest absolute Gasteiger partial charge is 0.116 e. The monoisotopic (exact) mass is 248 g/mol. The summed E-state index contributed by atoms with van der Waals surface area (Å²) < 4.78 is 5.60. The Balaban J connectivity index is 3.27. The summed E-state index contributed by atoms with van der Waals surface area (Å²) in [4.78, 5) is 0. The van der Waals surface area contributed by atoms with Crippen LogP contribution < -0.4 is 10.4 Å². The van der Waals surface area contributed by atoms with Gasteiger partial charge in [-0.15, -0.1) is 0 Å². The van der Waals surface area contributed by atoms with Gasteiger partial charge in [0.25, 0.3) is 0 Å². The van der Waals surface area contributed by atoms with Crippen molar-refractivity contribution in [1.82, 2.24) is 0 Å². The Morgan fingerprint density at radius 2 is 1.94 bits per heavy atom. The fraction of sp³-hybridized carbons (Fsp3) is 0.333. The molecule has 1 aromatic carbocycles. The van der Waals surface area contributed by atoms with Crippen molar-refractivity contribution in [3.8, 4) is 5.75 Å². The number of aliphatic hydroxyl groups excluding tert-OH is 1. The van der Waals surface area contributed by atoms with Crippen LogP contribution in [0.25, 0.3) is 11.8 Å². The molecule has 0 aliphatic carbocycles. The van der Waals surface area contributed by atoms with E-state index >= 15 is 0 Å². The van der Waals surface area contributed by atoms with Gasteiger partial charge in [0.05, 0.1) is 5.76 Å². The van der Waals surface area contributed by atoms with E-state index in [1.54, 1.807) is 25.1 Å². The average Bonchev–Trinajstić information content (AvgIpc) is 2.17. The highest BCUT2D eigenvalue weighted by molar-refractivity contribution is 5.46. The van der Waals surface area contributed by atoms with Crippen LogP contribution in [-0.2, 0) is 4.74 Å². The quantitative estimate of drug-likeness (QED) is 0.789. The molecule has 0 fully saturated rings. The molecule has 0 heterocycles. The van der Waals surface area contributed by atoms with Crippen LogP contribution in [0.3, 0.4) is 0 Å². The van der Waals surface area contributed by atoms with Gasteiger partial charge < -0.3 is 14.9 Å². The largest absolute Gasteiger partial charge is 0.512 e. The molecule has 2 N–H and O–H groups in total. The second kappa shape index (κ2) is 5.17. The predicted octanol–water partition coefficient (Wildman–Crippen LogP) is 2.19. The van der Waals surface area contributed by atoms with Crippen molar-refractivity contribution in [3.63, 3.8) is 0 Å². The highest BCUT2D eigenvalue weighted by Crippen LogP contribution is 2.12. The van der Waals surface area contributed by atoms with E-state index in [4.69, 9.17) is 4.74 Å². The van der Waals surface area contributed by atoms with E-state index in [0.717, 1.165) is 5.22 Å². The van der Waals surface area contributed by atoms with Crippen molar-refractivity contribution < 1.29 is 14.9 Å². The Bertz CT molecular complexity index is 558. The third-order valence-corrected chi connectivity index (χ3v) is 2.18. The number of benzene rings is 1. The van der Waals surface area contributed by atoms with Crippen LogP contribution in [0.4, 0.5) is 0 Å². The fourth-order valence-corrected chi connectivity index (χ4v) is 1.58. The van der Waals surface area contributed by atoms with Gasteiger partial charge in [0, 0.05) is 5.22 Å². The zero-order valence-corrected chi connectivity index (χ0v) is 11.3. The van der Waals surface area contributed by atoms with Crippen LogP contribution in [0.5, 0.6) is 5.75 Å². The van der Waals surface area contributed by atoms with Crippen molar-refractivity contribution >= 4 is 11.8 Å². The summed E-state index contributed by atoms with van der Waals surface area (Å²) in [5.74, 6) is 0.759. The number of phenols is 1. The van der Waals surface area contributed by atoms with Gasteiger partial charge in [-0.3, -0.25) is 0 Å². The van der Waals surface area contributed by atoms with Crippen molar-refractivity contribution in [2.45, 2.75) is 33.3 Å². The molecule has 3 nitrogen and oxygen atoms in total. The second-order valence-electron chi connectivity index (χ2n) is 5.18. The van der Waals surface area contributed by atoms with E-state index in [1.807, 2.05) is 20.8 Å². The number of aliphatic hydroxyl groups is 1. The lowest BCUT2D eigenvalue weighted by atomic mass is 10.1. The van der Waals surface area contributed by atoms with Gasteiger partial charge in [-0.25, -0.2) is 0 Å². The molecule has 0 spiro atoms. The second-order valence-corrected chi connectivity index (χ2v) is 5.18. The van der Waals surface area contributed by atoms with Gasteiger partial charge in [-0.05, 0) is 51.1 Å². The molecule has 1 aromatic rings. The fourth-order valence-electron chi connectivity index (χ4n) is 1.58. The minimum Gasteiger partial charge on any atom is -0.512 e. The lowest BCUT2D eigenvalue weighted by Gasteiger charge is -2.21. The molecule has 0 amide bonds. The van der Waals surface area contributed by atoms with Gasteiger partial charge in [-0.1, -0.05) is 12.6 Å². The zero-order chi connectivity index (χ0) is 13.9. The molecule has 0 atom stereocenters. The minimum absolute atomic E-state index is 0.109. The molecular formula is C15H20O3. The molecule has 0 saturated heterocycles. The molecule has 0 aromatic heterocycles. The maximum atomic E-state index is 9.59. The van der Waals surface area contributed by atoms with Crippen molar-refractivity contribution in [2.24, 2.45) is 0 Å². The standard InChI is InChI=1S/C15H20O3/c1-10(18-15(3,4)5)8-12-6-7-13(17)9-14(12)11(2)16/h6-9,16-17H,1H2,2-5H3/b12-8-,14-11+. The van der Waals surface area contributed by atoms with Crippen molar-refractivity contribution in [1.29, 1.82) is 0 Å². The number of aromatic hydroxyl groups is 1. The van der Waals surface area contributed by atoms with Crippen molar-refractivity contribution in [2.75, 3.05) is 0 Å². The van der Waals surface area contributed by atoms with Crippen molar-refractivity contribution in [3.05, 3.63) is 41.0 Å². The van der Waals surface area contributed by atoms with E-state index in [1.165, 1.54) is 6.07 Å². The van der Waals surface area contributed by atoms with Crippen LogP contribution >= 0.6 is 0 Å². The normalized spacial score (nSPS) is 14.3. The molecule has 18 heavy (non-hydrogen) atoms. The SMILES string of the molecule is C=C(/C=c1/ccc(O)c/c1=C(/C)O)OC(C)(C)C. The van der Waals surface area contributed by atoms with Crippen LogP contribution in [0, 0.1) is 0 Å². The first kappa shape index (κ1) is 14.2. The Morgan fingerprint density at radius 3 is 2.44 bits per heavy atom. The van der Waals surface area contributed by atoms with E-state index in [9.17, 15) is 10.2 Å². The predicted molar refractivity (Wildman–Crippen MR) is 73.5 cm³/mol. The van der Waals surface area contributed by atoms with Gasteiger partial charge >= 0.3 is 0 Å². The minimum atomic E-state index is -0.317. The summed E-state index contributed by atoms with van der Waals surface area (Å²) in [6.07, 6.45) is 1.74. The summed E-state index contributed by atoms with van der Waals surface area (Å²) in [6.45, 7) is 11.2.